The van der Waals surface area contributed by atoms with Crippen LogP contribution in [0.15, 0.2) is 10.7 Å². The van der Waals surface area contributed by atoms with Crippen LogP contribution < -0.4 is 0 Å². The molecule has 0 radical (unpaired) electrons. The molecule has 86 valence electrons. The Balaban J connectivity index is 2.08. The van der Waals surface area contributed by atoms with Gasteiger partial charge in [-0.2, -0.15) is 4.98 Å². The Bertz CT molecular complexity index is 462. The standard InChI is InChI=1S/C9H13N5O2/c1-6(2)9-10-8(16-12-9)4-14-3-7(5-15)11-13-14/h3,6,15H,4-5H2,1-2H3. The highest BCUT2D eigenvalue weighted by molar-refractivity contribution is 4.94. The maximum absolute atomic E-state index is 8.83. The van der Waals surface area contributed by atoms with Crippen molar-refractivity contribution in [3.63, 3.8) is 0 Å². The normalized spacial score (nSPS) is 11.2. The highest BCUT2D eigenvalue weighted by atomic mass is 16.5. The van der Waals surface area contributed by atoms with E-state index in [0.29, 0.717) is 24.0 Å². The molecule has 16 heavy (non-hydrogen) atoms. The molecule has 0 amide bonds. The summed E-state index contributed by atoms with van der Waals surface area (Å²) in [5, 5.41) is 20.2. The Morgan fingerprint density at radius 3 is 2.88 bits per heavy atom. The van der Waals surface area contributed by atoms with Crippen molar-refractivity contribution in [2.45, 2.75) is 32.9 Å². The Hall–Kier alpha value is -1.76. The Kier molecular flexibility index (Phi) is 2.95. The van der Waals surface area contributed by atoms with Crippen molar-refractivity contribution in [2.75, 3.05) is 0 Å². The molecule has 0 atom stereocenters. The van der Waals surface area contributed by atoms with Crippen molar-refractivity contribution in [2.24, 2.45) is 0 Å². The number of nitrogens with zero attached hydrogens (tertiary/aromatic N) is 5. The second-order valence-electron chi connectivity index (χ2n) is 3.77. The Morgan fingerprint density at radius 2 is 2.31 bits per heavy atom. The highest BCUT2D eigenvalue weighted by Gasteiger charge is 2.10. The maximum atomic E-state index is 8.83. The van der Waals surface area contributed by atoms with E-state index >= 15 is 0 Å². The van der Waals surface area contributed by atoms with Crippen LogP contribution in [0.2, 0.25) is 0 Å². The minimum Gasteiger partial charge on any atom is -0.390 e. The first kappa shape index (κ1) is 10.7. The summed E-state index contributed by atoms with van der Waals surface area (Å²) in [6, 6.07) is 0. The zero-order valence-electron chi connectivity index (χ0n) is 9.16. The smallest absolute Gasteiger partial charge is 0.248 e. The molecule has 2 aromatic rings. The number of aromatic nitrogens is 5. The van der Waals surface area contributed by atoms with Gasteiger partial charge in [-0.15, -0.1) is 5.10 Å². The first-order valence-corrected chi connectivity index (χ1v) is 5.01. The van der Waals surface area contributed by atoms with Crippen LogP contribution in [0, 0.1) is 0 Å². The first-order valence-electron chi connectivity index (χ1n) is 5.01. The number of aliphatic hydroxyl groups excluding tert-OH is 1. The van der Waals surface area contributed by atoms with Gasteiger partial charge in [0.1, 0.15) is 12.2 Å². The third-order valence-electron chi connectivity index (χ3n) is 2.05. The van der Waals surface area contributed by atoms with Gasteiger partial charge in [0, 0.05) is 5.92 Å². The number of rotatable bonds is 4. The molecule has 0 saturated carbocycles. The van der Waals surface area contributed by atoms with Crippen molar-refractivity contribution in [3.8, 4) is 0 Å². The summed E-state index contributed by atoms with van der Waals surface area (Å²) in [5.41, 5.74) is 0.517. The summed E-state index contributed by atoms with van der Waals surface area (Å²) in [6.45, 7) is 4.23. The lowest BCUT2D eigenvalue weighted by atomic mass is 10.2. The molecule has 2 heterocycles. The fourth-order valence-corrected chi connectivity index (χ4v) is 1.19. The molecular weight excluding hydrogens is 210 g/mol. The van der Waals surface area contributed by atoms with Gasteiger partial charge in [-0.1, -0.05) is 24.2 Å². The average molecular weight is 223 g/mol. The molecule has 1 N–H and O–H groups in total. The molecule has 7 nitrogen and oxygen atoms in total. The summed E-state index contributed by atoms with van der Waals surface area (Å²) in [4.78, 5) is 4.21. The molecule has 0 aliphatic carbocycles. The number of hydrogen-bond donors (Lipinski definition) is 1. The van der Waals surface area contributed by atoms with Crippen molar-refractivity contribution >= 4 is 0 Å². The predicted molar refractivity (Wildman–Crippen MR) is 53.4 cm³/mol. The van der Waals surface area contributed by atoms with Gasteiger partial charge in [-0.25, -0.2) is 4.68 Å². The van der Waals surface area contributed by atoms with Gasteiger partial charge < -0.3 is 9.63 Å². The Labute approximate surface area is 92.1 Å². The van der Waals surface area contributed by atoms with E-state index in [0.717, 1.165) is 0 Å². The van der Waals surface area contributed by atoms with Crippen molar-refractivity contribution in [1.82, 2.24) is 25.1 Å². The molecule has 0 aromatic carbocycles. The third kappa shape index (κ3) is 2.25. The van der Waals surface area contributed by atoms with Gasteiger partial charge in [0.05, 0.1) is 12.8 Å². The molecule has 0 aliphatic heterocycles. The van der Waals surface area contributed by atoms with Crippen LogP contribution in [-0.2, 0) is 13.2 Å². The van der Waals surface area contributed by atoms with E-state index in [1.54, 1.807) is 10.9 Å². The average Bonchev–Trinajstić information content (AvgIpc) is 2.87. The van der Waals surface area contributed by atoms with Gasteiger partial charge in [0.2, 0.25) is 5.89 Å². The van der Waals surface area contributed by atoms with Crippen molar-refractivity contribution in [3.05, 3.63) is 23.6 Å². The molecule has 7 heteroatoms. The molecule has 2 rings (SSSR count). The van der Waals surface area contributed by atoms with Crippen LogP contribution in [0.4, 0.5) is 0 Å². The molecular formula is C9H13N5O2. The summed E-state index contributed by atoms with van der Waals surface area (Å²) < 4.78 is 6.61. The van der Waals surface area contributed by atoms with Gasteiger partial charge in [-0.05, 0) is 0 Å². The quantitative estimate of drug-likeness (QED) is 0.803. The molecule has 0 unspecified atom stereocenters. The lowest BCUT2D eigenvalue weighted by Crippen LogP contribution is -2.01. The van der Waals surface area contributed by atoms with Crippen LogP contribution in [0.5, 0.6) is 0 Å². The van der Waals surface area contributed by atoms with Gasteiger partial charge in [-0.3, -0.25) is 0 Å². The van der Waals surface area contributed by atoms with E-state index in [1.165, 1.54) is 0 Å². The van der Waals surface area contributed by atoms with E-state index in [-0.39, 0.29) is 12.5 Å². The summed E-state index contributed by atoms with van der Waals surface area (Å²) in [7, 11) is 0. The second-order valence-corrected chi connectivity index (χ2v) is 3.77. The van der Waals surface area contributed by atoms with Gasteiger partial charge in [0.25, 0.3) is 0 Å². The molecule has 0 saturated heterocycles. The van der Waals surface area contributed by atoms with Crippen molar-refractivity contribution < 1.29 is 9.63 Å². The van der Waals surface area contributed by atoms with E-state index in [4.69, 9.17) is 9.63 Å². The maximum Gasteiger partial charge on any atom is 0.248 e. The van der Waals surface area contributed by atoms with Crippen LogP contribution in [0.1, 0.15) is 37.2 Å². The fourth-order valence-electron chi connectivity index (χ4n) is 1.19. The number of aliphatic hydroxyl groups is 1. The van der Waals surface area contributed by atoms with Crippen LogP contribution in [-0.4, -0.2) is 30.2 Å². The monoisotopic (exact) mass is 223 g/mol. The predicted octanol–water partition coefficient (Wildman–Crippen LogP) is 0.325. The van der Waals surface area contributed by atoms with Crippen LogP contribution in [0.25, 0.3) is 0 Å². The molecule has 0 aliphatic rings. The largest absolute Gasteiger partial charge is 0.390 e. The summed E-state index contributed by atoms with van der Waals surface area (Å²) >= 11 is 0. The van der Waals surface area contributed by atoms with Crippen molar-refractivity contribution in [1.29, 1.82) is 0 Å². The van der Waals surface area contributed by atoms with Gasteiger partial charge in [0.15, 0.2) is 5.82 Å². The topological polar surface area (TPSA) is 89.9 Å². The first-order chi connectivity index (χ1) is 7.69. The highest BCUT2D eigenvalue weighted by Crippen LogP contribution is 2.10. The zero-order chi connectivity index (χ0) is 11.5. The summed E-state index contributed by atoms with van der Waals surface area (Å²) in [5.74, 6) is 1.40. The Morgan fingerprint density at radius 1 is 1.50 bits per heavy atom. The lowest BCUT2D eigenvalue weighted by molar-refractivity contribution is 0.276. The molecule has 0 bridgehead atoms. The third-order valence-corrected chi connectivity index (χ3v) is 2.05. The minimum atomic E-state index is -0.124. The minimum absolute atomic E-state index is 0.124. The van der Waals surface area contributed by atoms with Crippen LogP contribution >= 0.6 is 0 Å². The fraction of sp³-hybridized carbons (Fsp3) is 0.556. The van der Waals surface area contributed by atoms with E-state index in [9.17, 15) is 0 Å². The SMILES string of the molecule is CC(C)c1noc(Cn2cc(CO)nn2)n1. The molecule has 2 aromatic heterocycles. The van der Waals surface area contributed by atoms with Gasteiger partial charge >= 0.3 is 0 Å². The van der Waals surface area contributed by atoms with E-state index in [2.05, 4.69) is 20.5 Å². The second kappa shape index (κ2) is 4.40. The van der Waals surface area contributed by atoms with E-state index < -0.39 is 0 Å². The number of hydrogen-bond acceptors (Lipinski definition) is 6. The van der Waals surface area contributed by atoms with E-state index in [1.807, 2.05) is 13.8 Å². The molecule has 0 spiro atoms. The summed E-state index contributed by atoms with van der Waals surface area (Å²) in [6.07, 6.45) is 1.64. The van der Waals surface area contributed by atoms with Crippen LogP contribution in [0.3, 0.4) is 0 Å². The molecule has 0 fully saturated rings. The zero-order valence-corrected chi connectivity index (χ0v) is 9.16. The lowest BCUT2D eigenvalue weighted by Gasteiger charge is -1.93.